The van der Waals surface area contributed by atoms with Crippen LogP contribution < -0.4 is 15.4 Å². The molecule has 0 atom stereocenters. The average molecular weight is 426 g/mol. The van der Waals surface area contributed by atoms with Crippen molar-refractivity contribution in [3.05, 3.63) is 104 Å². The number of carbonyl (C=O) groups is 1. The van der Waals surface area contributed by atoms with Crippen LogP contribution in [0.2, 0.25) is 0 Å². The van der Waals surface area contributed by atoms with Gasteiger partial charge in [-0.25, -0.2) is 9.98 Å². The molecule has 0 aliphatic carbocycles. The van der Waals surface area contributed by atoms with Gasteiger partial charge in [0.1, 0.15) is 4.88 Å². The molecule has 4 aromatic rings. The van der Waals surface area contributed by atoms with Crippen molar-refractivity contribution in [3.63, 3.8) is 0 Å². The standard InChI is InChI=1S/C25H19N3O2S/c1-15-13-14-16(2)21-19(15)20(23(29)27-21)22-24(30)28(18-11-7-4-8-12-18)25(31-22)26-17-9-5-3-6-10-17/h3-14,30H,1-2H3. The van der Waals surface area contributed by atoms with Crippen LogP contribution in [-0.2, 0) is 4.79 Å². The number of aromatic hydroxyl groups is 1. The molecule has 0 unspecified atom stereocenters. The predicted octanol–water partition coefficient (Wildman–Crippen LogP) is 3.45. The Labute approximate surface area is 182 Å². The van der Waals surface area contributed by atoms with E-state index in [2.05, 4.69) is 4.99 Å². The SMILES string of the molecule is Cc1ccc(C)c2c1=NC(=O)C=2c1sc(=Nc2ccccc2)n(-c2ccccc2)c1O. The van der Waals surface area contributed by atoms with Crippen molar-refractivity contribution >= 4 is 28.5 Å². The summed E-state index contributed by atoms with van der Waals surface area (Å²) in [5.74, 6) is -0.353. The van der Waals surface area contributed by atoms with E-state index in [1.807, 2.05) is 86.6 Å². The monoisotopic (exact) mass is 425 g/mol. The van der Waals surface area contributed by atoms with Crippen molar-refractivity contribution in [2.45, 2.75) is 13.8 Å². The van der Waals surface area contributed by atoms with Crippen LogP contribution in [0.5, 0.6) is 5.88 Å². The van der Waals surface area contributed by atoms with Gasteiger partial charge < -0.3 is 5.11 Å². The largest absolute Gasteiger partial charge is 0.493 e. The summed E-state index contributed by atoms with van der Waals surface area (Å²) < 4.78 is 1.68. The maximum Gasteiger partial charge on any atom is 0.279 e. The number of amides is 1. The van der Waals surface area contributed by atoms with Gasteiger partial charge in [-0.15, -0.1) is 0 Å². The topological polar surface area (TPSA) is 67.0 Å². The molecule has 1 aromatic heterocycles. The molecule has 1 aliphatic heterocycles. The highest BCUT2D eigenvalue weighted by molar-refractivity contribution is 7.11. The van der Waals surface area contributed by atoms with Gasteiger partial charge in [0, 0.05) is 5.22 Å². The fourth-order valence-electron chi connectivity index (χ4n) is 3.76. The number of aryl methyl sites for hydroxylation is 2. The predicted molar refractivity (Wildman–Crippen MR) is 121 cm³/mol. The summed E-state index contributed by atoms with van der Waals surface area (Å²) in [4.78, 5) is 23.0. The first-order chi connectivity index (χ1) is 15.0. The van der Waals surface area contributed by atoms with Gasteiger partial charge in [0.25, 0.3) is 5.91 Å². The van der Waals surface area contributed by atoms with Gasteiger partial charge in [0.2, 0.25) is 5.88 Å². The Bertz CT molecular complexity index is 1510. The summed E-state index contributed by atoms with van der Waals surface area (Å²) in [5, 5.41) is 12.8. The molecule has 2 heterocycles. The van der Waals surface area contributed by atoms with Crippen LogP contribution in [-0.4, -0.2) is 15.6 Å². The molecular formula is C25H19N3O2S. The van der Waals surface area contributed by atoms with Crippen molar-refractivity contribution < 1.29 is 9.90 Å². The Kier molecular flexibility index (Phi) is 4.64. The average Bonchev–Trinajstić information content (AvgIpc) is 3.29. The maximum absolute atomic E-state index is 13.0. The minimum atomic E-state index is -0.338. The van der Waals surface area contributed by atoms with Gasteiger partial charge in [-0.1, -0.05) is 59.9 Å². The number of benzene rings is 3. The van der Waals surface area contributed by atoms with Gasteiger partial charge >= 0.3 is 0 Å². The normalized spacial score (nSPS) is 13.4. The van der Waals surface area contributed by atoms with Gasteiger partial charge in [0.05, 0.1) is 22.3 Å². The highest BCUT2D eigenvalue weighted by atomic mass is 32.1. The van der Waals surface area contributed by atoms with Gasteiger partial charge in [-0.05, 0) is 49.2 Å². The molecule has 3 aromatic carbocycles. The van der Waals surface area contributed by atoms with Crippen LogP contribution in [0.3, 0.4) is 0 Å². The lowest BCUT2D eigenvalue weighted by Gasteiger charge is -2.06. The fourth-order valence-corrected chi connectivity index (χ4v) is 4.85. The quantitative estimate of drug-likeness (QED) is 0.546. The van der Waals surface area contributed by atoms with Crippen molar-refractivity contribution in [1.82, 2.24) is 4.57 Å². The molecular weight excluding hydrogens is 406 g/mol. The van der Waals surface area contributed by atoms with E-state index in [1.54, 1.807) is 4.57 Å². The smallest absolute Gasteiger partial charge is 0.279 e. The second-order valence-electron chi connectivity index (χ2n) is 7.37. The minimum absolute atomic E-state index is 0.0156. The molecule has 0 saturated heterocycles. The number of hydrogen-bond donors (Lipinski definition) is 1. The Hall–Kier alpha value is -3.77. The third-order valence-corrected chi connectivity index (χ3v) is 6.33. The Morgan fingerprint density at radius 2 is 1.55 bits per heavy atom. The molecule has 6 heteroatoms. The number of nitrogens with zero attached hydrogens (tertiary/aromatic N) is 3. The third kappa shape index (κ3) is 3.21. The molecule has 0 radical (unpaired) electrons. The number of para-hydroxylation sites is 2. The molecule has 5 nitrogen and oxygen atoms in total. The summed E-state index contributed by atoms with van der Waals surface area (Å²) in [6, 6.07) is 23.0. The zero-order valence-electron chi connectivity index (χ0n) is 17.0. The maximum atomic E-state index is 13.0. The zero-order chi connectivity index (χ0) is 21.5. The molecule has 0 saturated carbocycles. The molecule has 1 amide bonds. The highest BCUT2D eigenvalue weighted by Gasteiger charge is 2.27. The number of rotatable bonds is 3. The van der Waals surface area contributed by atoms with Crippen molar-refractivity contribution in [2.75, 3.05) is 0 Å². The van der Waals surface area contributed by atoms with Gasteiger partial charge in [-0.3, -0.25) is 9.36 Å². The molecule has 1 aliphatic rings. The van der Waals surface area contributed by atoms with E-state index < -0.39 is 0 Å². The fraction of sp³-hybridized carbons (Fsp3) is 0.0800. The Balaban J connectivity index is 1.87. The first-order valence-electron chi connectivity index (χ1n) is 9.88. The number of thiazole rings is 1. The molecule has 31 heavy (non-hydrogen) atoms. The number of hydrogen-bond acceptors (Lipinski definition) is 4. The van der Waals surface area contributed by atoms with E-state index >= 15 is 0 Å². The second kappa shape index (κ2) is 7.49. The van der Waals surface area contributed by atoms with Crippen molar-refractivity contribution in [3.8, 4) is 11.6 Å². The van der Waals surface area contributed by atoms with E-state index in [1.165, 1.54) is 11.3 Å². The molecule has 1 N–H and O–H groups in total. The van der Waals surface area contributed by atoms with E-state index in [4.69, 9.17) is 4.99 Å². The molecule has 0 fully saturated rings. The summed E-state index contributed by atoms with van der Waals surface area (Å²) in [6.45, 7) is 3.89. The van der Waals surface area contributed by atoms with E-state index in [0.717, 1.165) is 27.7 Å². The third-order valence-electron chi connectivity index (χ3n) is 5.29. The molecule has 152 valence electrons. The Morgan fingerprint density at radius 3 is 2.26 bits per heavy atom. The lowest BCUT2D eigenvalue weighted by molar-refractivity contribution is -0.112. The number of aromatic nitrogens is 1. The second-order valence-corrected chi connectivity index (χ2v) is 8.35. The summed E-state index contributed by atoms with van der Waals surface area (Å²) in [5.41, 5.74) is 3.84. The van der Waals surface area contributed by atoms with Crippen LogP contribution in [0.4, 0.5) is 5.69 Å². The molecule has 5 rings (SSSR count). The molecule has 0 bridgehead atoms. The first-order valence-corrected chi connectivity index (χ1v) is 10.7. The lowest BCUT2D eigenvalue weighted by Crippen LogP contribution is -2.28. The zero-order valence-corrected chi connectivity index (χ0v) is 17.9. The summed E-state index contributed by atoms with van der Waals surface area (Å²) in [6.07, 6.45) is 0. The van der Waals surface area contributed by atoms with E-state index in [-0.39, 0.29) is 11.8 Å². The Morgan fingerprint density at radius 1 is 0.903 bits per heavy atom. The van der Waals surface area contributed by atoms with Crippen LogP contribution in [0.1, 0.15) is 16.0 Å². The van der Waals surface area contributed by atoms with Crippen LogP contribution in [0.25, 0.3) is 11.3 Å². The van der Waals surface area contributed by atoms with E-state index in [9.17, 15) is 9.90 Å². The van der Waals surface area contributed by atoms with Gasteiger partial charge in [-0.2, -0.15) is 0 Å². The lowest BCUT2D eigenvalue weighted by atomic mass is 10.0. The minimum Gasteiger partial charge on any atom is -0.493 e. The number of carbonyl (C=O) groups excluding carboxylic acids is 1. The summed E-state index contributed by atoms with van der Waals surface area (Å²) >= 11 is 1.28. The first kappa shape index (κ1) is 19.2. The molecule has 0 spiro atoms. The van der Waals surface area contributed by atoms with Gasteiger partial charge in [0.15, 0.2) is 4.80 Å². The summed E-state index contributed by atoms with van der Waals surface area (Å²) in [7, 11) is 0. The number of fused-ring (bicyclic) bond motifs is 1. The van der Waals surface area contributed by atoms with E-state index in [0.29, 0.717) is 20.6 Å². The van der Waals surface area contributed by atoms with Crippen LogP contribution in [0.15, 0.2) is 82.8 Å². The van der Waals surface area contributed by atoms with Crippen LogP contribution in [0, 0.1) is 13.8 Å². The van der Waals surface area contributed by atoms with Crippen molar-refractivity contribution in [1.29, 1.82) is 0 Å². The highest BCUT2D eigenvalue weighted by Crippen LogP contribution is 2.31. The van der Waals surface area contributed by atoms with Crippen molar-refractivity contribution in [2.24, 2.45) is 9.98 Å². The van der Waals surface area contributed by atoms with Crippen LogP contribution >= 0.6 is 11.3 Å².